The molecule has 1 saturated heterocycles. The van der Waals surface area contributed by atoms with E-state index in [0.29, 0.717) is 53.4 Å². The van der Waals surface area contributed by atoms with Gasteiger partial charge in [0.2, 0.25) is 5.91 Å². The van der Waals surface area contributed by atoms with Crippen molar-refractivity contribution in [3.63, 3.8) is 0 Å². The number of anilines is 2. The van der Waals surface area contributed by atoms with Crippen LogP contribution < -0.4 is 25.7 Å². The molecule has 2 atom stereocenters. The van der Waals surface area contributed by atoms with E-state index in [0.717, 1.165) is 6.20 Å². The van der Waals surface area contributed by atoms with Crippen molar-refractivity contribution in [2.24, 2.45) is 0 Å². The minimum absolute atomic E-state index is 0.0593. The molecule has 12 nitrogen and oxygen atoms in total. The van der Waals surface area contributed by atoms with Gasteiger partial charge in [-0.25, -0.2) is 17.6 Å². The van der Waals surface area contributed by atoms with Crippen molar-refractivity contribution < 1.29 is 36.6 Å². The van der Waals surface area contributed by atoms with Gasteiger partial charge in [-0.15, -0.1) is 0 Å². The van der Waals surface area contributed by atoms with Crippen LogP contribution in [0.5, 0.6) is 11.5 Å². The highest BCUT2D eigenvalue weighted by molar-refractivity contribution is 7.92. The minimum Gasteiger partial charge on any atom is -0.493 e. The van der Waals surface area contributed by atoms with Gasteiger partial charge in [-0.3, -0.25) is 14.9 Å². The van der Waals surface area contributed by atoms with E-state index in [4.69, 9.17) is 14.2 Å². The van der Waals surface area contributed by atoms with Crippen molar-refractivity contribution in [2.75, 3.05) is 38.5 Å². The summed E-state index contributed by atoms with van der Waals surface area (Å²) in [4.78, 5) is 43.3. The van der Waals surface area contributed by atoms with E-state index in [9.17, 15) is 27.2 Å². The molecule has 4 aromatic rings. The van der Waals surface area contributed by atoms with Crippen LogP contribution in [0.15, 0.2) is 70.5 Å². The smallest absolute Gasteiger partial charge is 0.411 e. The number of fused-ring (bicyclic) bond motifs is 1. The maximum Gasteiger partial charge on any atom is 0.411 e. The monoisotopic (exact) mass is 680 g/mol. The van der Waals surface area contributed by atoms with Crippen molar-refractivity contribution in [1.82, 2.24) is 9.88 Å². The number of pyridine rings is 1. The van der Waals surface area contributed by atoms with Crippen molar-refractivity contribution in [3.05, 3.63) is 88.1 Å². The van der Waals surface area contributed by atoms with E-state index < -0.39 is 50.5 Å². The van der Waals surface area contributed by atoms with Gasteiger partial charge in [0.25, 0.3) is 5.56 Å². The summed E-state index contributed by atoms with van der Waals surface area (Å²) in [7, 11) is 0.377. The number of carbonyl (C=O) groups excluding carboxylic acids is 2. The molecule has 0 saturated carbocycles. The van der Waals surface area contributed by atoms with Crippen LogP contribution in [-0.4, -0.2) is 63.4 Å². The third kappa shape index (κ3) is 6.65. The zero-order valence-corrected chi connectivity index (χ0v) is 27.9. The van der Waals surface area contributed by atoms with Crippen LogP contribution in [-0.2, 0) is 19.4 Å². The number of carbonyl (C=O) groups is 2. The lowest BCUT2D eigenvalue weighted by Crippen LogP contribution is -2.38. The zero-order valence-electron chi connectivity index (χ0n) is 27.1. The first-order valence-electron chi connectivity index (χ1n) is 15.2. The average molecular weight is 681 g/mol. The molecule has 0 aliphatic carbocycles. The lowest BCUT2D eigenvalue weighted by Gasteiger charge is -2.32. The number of sulfone groups is 1. The van der Waals surface area contributed by atoms with Crippen molar-refractivity contribution in [3.8, 4) is 11.5 Å². The first-order chi connectivity index (χ1) is 22.9. The predicted octanol–water partition coefficient (Wildman–Crippen LogP) is 5.56. The molecule has 254 valence electrons. The SMILES string of the molecule is COC(=O)Nc1ccc(S(=O)(=O)C(C)C)c(C2CCCN2C(=O)C(Nc2ccc3c(F)c[nH]c(=O)c3c2)c2ccc(OC)c(OC)c2)c1. The van der Waals surface area contributed by atoms with Crippen molar-refractivity contribution in [2.45, 2.75) is 48.9 Å². The second kappa shape index (κ2) is 13.9. The molecule has 1 aliphatic rings. The van der Waals surface area contributed by atoms with E-state index in [2.05, 4.69) is 15.6 Å². The van der Waals surface area contributed by atoms with E-state index in [1.165, 1.54) is 45.6 Å². The number of H-pyrrole nitrogens is 1. The number of benzene rings is 3. The van der Waals surface area contributed by atoms with Crippen LogP contribution in [0.25, 0.3) is 10.8 Å². The molecule has 2 amide bonds. The number of hydrogen-bond acceptors (Lipinski definition) is 9. The molecule has 2 heterocycles. The van der Waals surface area contributed by atoms with Gasteiger partial charge in [0.05, 0.1) is 42.9 Å². The van der Waals surface area contributed by atoms with Gasteiger partial charge in [0.1, 0.15) is 11.9 Å². The molecule has 48 heavy (non-hydrogen) atoms. The summed E-state index contributed by atoms with van der Waals surface area (Å²) >= 11 is 0. The number of aromatic nitrogens is 1. The summed E-state index contributed by atoms with van der Waals surface area (Å²) in [5.41, 5.74) is 1.04. The number of methoxy groups -OCH3 is 3. The van der Waals surface area contributed by atoms with Gasteiger partial charge in [-0.2, -0.15) is 0 Å². The summed E-state index contributed by atoms with van der Waals surface area (Å²) in [6, 6.07) is 12.3. The predicted molar refractivity (Wildman–Crippen MR) is 179 cm³/mol. The summed E-state index contributed by atoms with van der Waals surface area (Å²) in [5.74, 6) is -0.175. The molecular formula is C34H37FN4O8S. The number of nitrogens with zero attached hydrogens (tertiary/aromatic N) is 1. The summed E-state index contributed by atoms with van der Waals surface area (Å²) in [6.45, 7) is 3.47. The third-order valence-electron chi connectivity index (χ3n) is 8.41. The second-order valence-electron chi connectivity index (χ2n) is 11.6. The summed E-state index contributed by atoms with van der Waals surface area (Å²) < 4.78 is 57.2. The largest absolute Gasteiger partial charge is 0.493 e. The van der Waals surface area contributed by atoms with Gasteiger partial charge in [0.15, 0.2) is 21.3 Å². The number of nitrogens with one attached hydrogen (secondary N) is 3. The number of aromatic amines is 1. The van der Waals surface area contributed by atoms with E-state index in [1.54, 1.807) is 49.1 Å². The first kappa shape index (κ1) is 34.2. The average Bonchev–Trinajstić information content (AvgIpc) is 3.58. The van der Waals surface area contributed by atoms with Gasteiger partial charge in [-0.05, 0) is 86.3 Å². The quantitative estimate of drug-likeness (QED) is 0.195. The van der Waals surface area contributed by atoms with Crippen LogP contribution >= 0.6 is 0 Å². The highest BCUT2D eigenvalue weighted by Crippen LogP contribution is 2.41. The summed E-state index contributed by atoms with van der Waals surface area (Å²) in [5, 5.41) is 5.28. The Morgan fingerprint density at radius 3 is 2.38 bits per heavy atom. The lowest BCUT2D eigenvalue weighted by atomic mass is 10.00. The third-order valence-corrected chi connectivity index (χ3v) is 10.6. The Morgan fingerprint density at radius 1 is 0.958 bits per heavy atom. The Labute approximate surface area is 277 Å². The number of likely N-dealkylation sites (tertiary alicyclic amines) is 1. The number of halogens is 1. The Kier molecular flexibility index (Phi) is 9.94. The highest BCUT2D eigenvalue weighted by atomic mass is 32.2. The fraction of sp³-hybridized carbons (Fsp3) is 0.324. The van der Waals surface area contributed by atoms with Crippen molar-refractivity contribution in [1.29, 1.82) is 0 Å². The molecule has 5 rings (SSSR count). The molecule has 1 fully saturated rings. The summed E-state index contributed by atoms with van der Waals surface area (Å²) in [6.07, 6.45) is 1.30. The van der Waals surface area contributed by atoms with Crippen LogP contribution in [0.3, 0.4) is 0 Å². The fourth-order valence-electron chi connectivity index (χ4n) is 5.89. The first-order valence-corrected chi connectivity index (χ1v) is 16.8. The molecule has 0 radical (unpaired) electrons. The molecule has 3 N–H and O–H groups in total. The van der Waals surface area contributed by atoms with E-state index >= 15 is 0 Å². The number of hydrogen-bond donors (Lipinski definition) is 3. The maximum absolute atomic E-state index is 14.7. The van der Waals surface area contributed by atoms with Crippen LogP contribution in [0.1, 0.15) is 49.9 Å². The second-order valence-corrected chi connectivity index (χ2v) is 14.0. The molecular weight excluding hydrogens is 643 g/mol. The molecule has 14 heteroatoms. The Balaban J connectivity index is 1.62. The normalized spacial score (nSPS) is 15.3. The maximum atomic E-state index is 14.7. The molecule has 2 unspecified atom stereocenters. The topological polar surface area (TPSA) is 156 Å². The van der Waals surface area contributed by atoms with E-state index in [1.807, 2.05) is 0 Å². The van der Waals surface area contributed by atoms with Gasteiger partial charge in [0, 0.05) is 29.5 Å². The van der Waals surface area contributed by atoms with Crippen LogP contribution in [0.4, 0.5) is 20.6 Å². The van der Waals surface area contributed by atoms with Gasteiger partial charge >= 0.3 is 6.09 Å². The highest BCUT2D eigenvalue weighted by Gasteiger charge is 2.38. The Morgan fingerprint density at radius 2 is 1.69 bits per heavy atom. The molecule has 1 aromatic heterocycles. The van der Waals surface area contributed by atoms with Gasteiger partial charge < -0.3 is 29.4 Å². The van der Waals surface area contributed by atoms with Gasteiger partial charge in [-0.1, -0.05) is 6.07 Å². The molecule has 0 bridgehead atoms. The van der Waals surface area contributed by atoms with E-state index in [-0.39, 0.29) is 15.7 Å². The fourth-order valence-corrected chi connectivity index (χ4v) is 7.18. The molecule has 0 spiro atoms. The molecule has 1 aliphatic heterocycles. The molecule has 3 aromatic carbocycles. The number of ether oxygens (including phenoxy) is 3. The van der Waals surface area contributed by atoms with Crippen molar-refractivity contribution >= 4 is 44.0 Å². The zero-order chi connectivity index (χ0) is 34.7. The number of rotatable bonds is 10. The minimum atomic E-state index is -3.80. The lowest BCUT2D eigenvalue weighted by molar-refractivity contribution is -0.133. The Hall–Kier alpha value is -5.11. The van der Waals surface area contributed by atoms with Crippen LogP contribution in [0, 0.1) is 5.82 Å². The standard InChI is InChI=1S/C34H37FN4O8S/c1-19(2)48(43,44)30-13-10-22(38-34(42)47-5)17-25(30)27-7-6-14-39(27)33(41)31(20-8-12-28(45-3)29(15-20)46-4)37-21-9-11-23-24(16-21)32(40)36-18-26(23)35/h8-13,15-19,27,31,37H,6-7,14H2,1-5H3,(H,36,40)(H,38,42). The van der Waals surface area contributed by atoms with Crippen LogP contribution in [0.2, 0.25) is 0 Å². The Bertz CT molecular complexity index is 2030. The number of amides is 2.